The molecule has 0 amide bonds. The normalized spacial score (nSPS) is 14.5. The summed E-state index contributed by atoms with van der Waals surface area (Å²) in [6.45, 7) is 0.890. The van der Waals surface area contributed by atoms with Gasteiger partial charge in [0, 0.05) is 16.7 Å². The van der Waals surface area contributed by atoms with E-state index < -0.39 is 19.5 Å². The average molecular weight is 497 g/mol. The molecule has 10 heteroatoms. The quantitative estimate of drug-likeness (QED) is 0.232. The van der Waals surface area contributed by atoms with Crippen molar-refractivity contribution in [3.05, 3.63) is 64.6 Å². The first-order valence-corrected chi connectivity index (χ1v) is 13.5. The molecule has 0 fully saturated rings. The number of aromatic nitrogens is 1. The Balaban J connectivity index is 0.000000256. The van der Waals surface area contributed by atoms with Crippen LogP contribution in [0.25, 0.3) is 10.2 Å². The minimum absolute atomic E-state index is 0.790. The number of hydrogen-bond acceptors (Lipinski definition) is 1. The van der Waals surface area contributed by atoms with E-state index in [4.69, 9.17) is 11.6 Å². The van der Waals surface area contributed by atoms with Gasteiger partial charge in [-0.25, -0.2) is 0 Å². The Hall–Kier alpha value is -0.982. The molecule has 0 N–H and O–H groups in total. The fourth-order valence-corrected chi connectivity index (χ4v) is 2.93. The van der Waals surface area contributed by atoms with Crippen LogP contribution in [0.4, 0.5) is 16.9 Å². The number of nitrogens with zero attached hydrogens (tertiary/aromatic N) is 1. The molecule has 24 heavy (non-hydrogen) atoms. The number of benzene rings is 2. The SMILES string of the molecule is Clc1ccc2sc[n+](Cc3ccccc3)c2c1.[F][Sb-]([F])([F])([F])([F])[F]. The molecule has 3 aromatic rings. The van der Waals surface area contributed by atoms with E-state index >= 15 is 0 Å². The van der Waals surface area contributed by atoms with E-state index in [9.17, 15) is 16.9 Å². The number of rotatable bonds is 2. The topological polar surface area (TPSA) is 3.88 Å². The Morgan fingerprint density at radius 3 is 2.08 bits per heavy atom. The number of hydrogen-bond donors (Lipinski definition) is 0. The van der Waals surface area contributed by atoms with Crippen molar-refractivity contribution in [2.45, 2.75) is 6.54 Å². The van der Waals surface area contributed by atoms with Crippen LogP contribution < -0.4 is 4.57 Å². The molecule has 0 atom stereocenters. The zero-order valence-corrected chi connectivity index (χ0v) is 16.0. The Morgan fingerprint density at radius 2 is 1.50 bits per heavy atom. The predicted octanol–water partition coefficient (Wildman–Crippen LogP) is 6.03. The van der Waals surface area contributed by atoms with Gasteiger partial charge in [-0.3, -0.25) is 0 Å². The summed E-state index contributed by atoms with van der Waals surface area (Å²) >= 11 is -3.46. The third-order valence-electron chi connectivity index (χ3n) is 2.73. The monoisotopic (exact) mass is 495 g/mol. The van der Waals surface area contributed by atoms with Crippen molar-refractivity contribution in [1.29, 1.82) is 0 Å². The van der Waals surface area contributed by atoms with Crippen LogP contribution >= 0.6 is 22.9 Å². The molecule has 1 nitrogen and oxygen atoms in total. The van der Waals surface area contributed by atoms with Gasteiger partial charge in [0.15, 0.2) is 6.54 Å². The maximum absolute atomic E-state index is 11.2. The van der Waals surface area contributed by atoms with Crippen molar-refractivity contribution >= 4 is 52.6 Å². The number of fused-ring (bicyclic) bond motifs is 1. The molecule has 2 aromatic carbocycles. The van der Waals surface area contributed by atoms with E-state index in [2.05, 4.69) is 40.4 Å². The fourth-order valence-electron chi connectivity index (χ4n) is 1.89. The molecule has 0 spiro atoms. The third-order valence-corrected chi connectivity index (χ3v) is 3.93. The third kappa shape index (κ3) is 7.73. The zero-order chi connectivity index (χ0) is 18.1. The van der Waals surface area contributed by atoms with Gasteiger partial charge in [0.1, 0.15) is 4.70 Å². The summed E-state index contributed by atoms with van der Waals surface area (Å²) < 4.78 is 63.1. The van der Waals surface area contributed by atoms with Gasteiger partial charge in [-0.05, 0) is 12.1 Å². The van der Waals surface area contributed by atoms with Crippen LogP contribution in [0.3, 0.4) is 0 Å². The molecule has 0 bridgehead atoms. The van der Waals surface area contributed by atoms with Crippen molar-refractivity contribution < 1.29 is 21.4 Å². The molecule has 1 heterocycles. The second-order valence-corrected chi connectivity index (χ2v) is 11.7. The molecule has 1 aromatic heterocycles. The van der Waals surface area contributed by atoms with Crippen LogP contribution in [0, 0.1) is 0 Å². The first-order valence-electron chi connectivity index (χ1n) is 6.44. The van der Waals surface area contributed by atoms with E-state index in [1.807, 2.05) is 18.2 Å². The first kappa shape index (κ1) is 19.3. The summed E-state index contributed by atoms with van der Waals surface area (Å²) in [4.78, 5) is 0. The molecule has 0 saturated heterocycles. The van der Waals surface area contributed by atoms with Crippen molar-refractivity contribution in [1.82, 2.24) is 0 Å². The molecule has 132 valence electrons. The van der Waals surface area contributed by atoms with E-state index in [-0.39, 0.29) is 0 Å². The van der Waals surface area contributed by atoms with Crippen LogP contribution in [0.2, 0.25) is 5.02 Å². The minimum atomic E-state index is -11.2. The average Bonchev–Trinajstić information content (AvgIpc) is 2.79. The van der Waals surface area contributed by atoms with Gasteiger partial charge in [0.2, 0.25) is 11.0 Å². The van der Waals surface area contributed by atoms with Crippen LogP contribution in [0.5, 0.6) is 0 Å². The second-order valence-electron chi connectivity index (χ2n) is 4.91. The second kappa shape index (κ2) is 6.07. The van der Waals surface area contributed by atoms with Crippen molar-refractivity contribution in [2.24, 2.45) is 0 Å². The number of halogens is 7. The Morgan fingerprint density at radius 1 is 0.917 bits per heavy atom. The van der Waals surface area contributed by atoms with Gasteiger partial charge < -0.3 is 0 Å². The molecule has 0 aliphatic rings. The van der Waals surface area contributed by atoms with Crippen molar-refractivity contribution in [3.8, 4) is 0 Å². The predicted molar refractivity (Wildman–Crippen MR) is 85.0 cm³/mol. The van der Waals surface area contributed by atoms with Gasteiger partial charge in [-0.1, -0.05) is 53.3 Å². The van der Waals surface area contributed by atoms with Crippen LogP contribution in [-0.2, 0) is 6.54 Å². The molecule has 0 radical (unpaired) electrons. The zero-order valence-electron chi connectivity index (χ0n) is 11.9. The summed E-state index contributed by atoms with van der Waals surface area (Å²) in [6.07, 6.45) is 0. The summed E-state index contributed by atoms with van der Waals surface area (Å²) in [5.41, 5.74) is 4.65. The molecular weight excluding hydrogens is 485 g/mol. The standard InChI is InChI=1S/C14H11ClNS.6FH.Sb/c15-12-6-7-14-13(8-12)16(10-17-14)9-11-4-2-1-3-5-11;;;;;;;/h1-8,10H,9H2;6*1H;/q+1;;;;;;;+5/p-6. The molecule has 3 rings (SSSR count). The summed E-state index contributed by atoms with van der Waals surface area (Å²) in [6, 6.07) is 16.5. The van der Waals surface area contributed by atoms with E-state index in [0.29, 0.717) is 0 Å². The van der Waals surface area contributed by atoms with Crippen molar-refractivity contribution in [3.63, 3.8) is 0 Å². The molecule has 0 aliphatic heterocycles. The van der Waals surface area contributed by atoms with Crippen LogP contribution in [0.15, 0.2) is 54.0 Å². The summed E-state index contributed by atoms with van der Waals surface area (Å²) in [5, 5.41) is 0.790. The molecule has 0 saturated carbocycles. The molecular formula is C14H11ClF6NSSb. The van der Waals surface area contributed by atoms with Gasteiger partial charge in [0.05, 0.1) is 0 Å². The summed E-state index contributed by atoms with van der Waals surface area (Å²) in [7, 11) is 0. The van der Waals surface area contributed by atoms with E-state index in [1.165, 1.54) is 15.8 Å². The number of thiazole rings is 1. The Kier molecular flexibility index (Phi) is 4.90. The maximum atomic E-state index is 9.93. The fraction of sp³-hybridized carbons (Fsp3) is 0.0714. The van der Waals surface area contributed by atoms with Gasteiger partial charge in [-0.2, -0.15) is 4.57 Å². The van der Waals surface area contributed by atoms with Crippen LogP contribution in [0.1, 0.15) is 5.56 Å². The van der Waals surface area contributed by atoms with Crippen LogP contribution in [-0.4, -0.2) is 19.5 Å². The molecule has 0 unspecified atom stereocenters. The first-order chi connectivity index (χ1) is 10.8. The van der Waals surface area contributed by atoms with Gasteiger partial charge in [-0.15, -0.1) is 0 Å². The molecule has 0 aliphatic carbocycles. The van der Waals surface area contributed by atoms with Crippen molar-refractivity contribution in [2.75, 3.05) is 0 Å². The Labute approximate surface area is 145 Å². The van der Waals surface area contributed by atoms with E-state index in [1.54, 1.807) is 11.3 Å². The summed E-state index contributed by atoms with van der Waals surface area (Å²) in [5.74, 6) is 0. The van der Waals surface area contributed by atoms with Gasteiger partial charge in [0.25, 0.3) is 0 Å². The van der Waals surface area contributed by atoms with E-state index in [0.717, 1.165) is 11.6 Å². The Bertz CT molecular complexity index is 837. The van der Waals surface area contributed by atoms with Gasteiger partial charge >= 0.3 is 36.4 Å².